The fraction of sp³-hybridized carbons (Fsp3) is 0.167. The normalized spacial score (nSPS) is 10.8. The van der Waals surface area contributed by atoms with Gasteiger partial charge in [-0.1, -0.05) is 24.3 Å². The lowest BCUT2D eigenvalue weighted by Gasteiger charge is -2.11. The summed E-state index contributed by atoms with van der Waals surface area (Å²) in [5.41, 5.74) is 3.38. The molecule has 0 amide bonds. The van der Waals surface area contributed by atoms with Gasteiger partial charge in [0, 0.05) is 18.1 Å². The molecule has 3 aromatic rings. The molecule has 0 aliphatic heterocycles. The Bertz CT molecular complexity index is 763. The topological polar surface area (TPSA) is 34.1 Å². The Morgan fingerprint density at radius 1 is 1.10 bits per heavy atom. The first-order valence-corrected chi connectivity index (χ1v) is 7.03. The van der Waals surface area contributed by atoms with Crippen LogP contribution in [0.5, 0.6) is 11.5 Å². The molecular weight excluding hydrogens is 260 g/mol. The molecule has 3 rings (SSSR count). The van der Waals surface area contributed by atoms with Gasteiger partial charge in [-0.25, -0.2) is 0 Å². The van der Waals surface area contributed by atoms with Crippen LogP contribution in [0, 0.1) is 6.92 Å². The molecule has 21 heavy (non-hydrogen) atoms. The van der Waals surface area contributed by atoms with Gasteiger partial charge in [0.15, 0.2) is 5.75 Å². The minimum atomic E-state index is 0.786. The van der Waals surface area contributed by atoms with Crippen molar-refractivity contribution in [1.29, 1.82) is 0 Å². The number of fused-ring (bicyclic) bond motifs is 1. The average Bonchev–Trinajstić information content (AvgIpc) is 2.51. The second-order valence-electron chi connectivity index (χ2n) is 5.05. The minimum absolute atomic E-state index is 0.786. The summed E-state index contributed by atoms with van der Waals surface area (Å²) in [6.45, 7) is 2.96. The van der Waals surface area contributed by atoms with Crippen molar-refractivity contribution in [3.8, 4) is 11.5 Å². The number of benzene rings is 2. The molecular formula is C18H18N2O. The van der Waals surface area contributed by atoms with E-state index in [2.05, 4.69) is 29.4 Å². The van der Waals surface area contributed by atoms with Crippen LogP contribution < -0.4 is 10.1 Å². The first kappa shape index (κ1) is 13.6. The van der Waals surface area contributed by atoms with E-state index in [1.807, 2.05) is 43.4 Å². The summed E-state index contributed by atoms with van der Waals surface area (Å²) in [5, 5.41) is 4.25. The molecule has 0 unspecified atom stereocenters. The van der Waals surface area contributed by atoms with Gasteiger partial charge in [0.05, 0.1) is 0 Å². The Hall–Kier alpha value is -2.39. The molecule has 1 aromatic heterocycles. The van der Waals surface area contributed by atoms with E-state index in [1.165, 1.54) is 11.1 Å². The highest BCUT2D eigenvalue weighted by Crippen LogP contribution is 2.29. The fourth-order valence-electron chi connectivity index (χ4n) is 2.41. The standard InChI is InChI=1S/C18H18N2O/c1-13-11-16(9-8-15(13)12-19-2)21-17-7-3-5-14-6-4-10-20-18(14)17/h3-11,19H,12H2,1-2H3. The predicted octanol–water partition coefficient (Wildman–Crippen LogP) is 4.05. The number of hydrogen-bond donors (Lipinski definition) is 1. The van der Waals surface area contributed by atoms with Crippen LogP contribution in [0.1, 0.15) is 11.1 Å². The molecule has 106 valence electrons. The average molecular weight is 278 g/mol. The van der Waals surface area contributed by atoms with Gasteiger partial charge >= 0.3 is 0 Å². The van der Waals surface area contributed by atoms with Crippen molar-refractivity contribution < 1.29 is 4.74 Å². The summed E-state index contributed by atoms with van der Waals surface area (Å²) >= 11 is 0. The maximum Gasteiger partial charge on any atom is 0.153 e. The molecule has 0 atom stereocenters. The van der Waals surface area contributed by atoms with E-state index in [1.54, 1.807) is 6.20 Å². The molecule has 0 fully saturated rings. The molecule has 0 spiro atoms. The predicted molar refractivity (Wildman–Crippen MR) is 85.8 cm³/mol. The first-order valence-electron chi connectivity index (χ1n) is 7.03. The van der Waals surface area contributed by atoms with E-state index in [0.717, 1.165) is 28.9 Å². The van der Waals surface area contributed by atoms with Gasteiger partial charge in [0.2, 0.25) is 0 Å². The number of para-hydroxylation sites is 1. The highest BCUT2D eigenvalue weighted by atomic mass is 16.5. The second kappa shape index (κ2) is 5.94. The number of ether oxygens (including phenoxy) is 1. The van der Waals surface area contributed by atoms with Crippen molar-refractivity contribution >= 4 is 10.9 Å². The molecule has 1 heterocycles. The van der Waals surface area contributed by atoms with Crippen molar-refractivity contribution in [3.63, 3.8) is 0 Å². The zero-order valence-electron chi connectivity index (χ0n) is 12.3. The largest absolute Gasteiger partial charge is 0.455 e. The van der Waals surface area contributed by atoms with Crippen LogP contribution in [0.3, 0.4) is 0 Å². The second-order valence-corrected chi connectivity index (χ2v) is 5.05. The zero-order chi connectivity index (χ0) is 14.7. The van der Waals surface area contributed by atoms with Gasteiger partial charge in [0.25, 0.3) is 0 Å². The Kier molecular flexibility index (Phi) is 3.84. The maximum absolute atomic E-state index is 6.02. The number of aryl methyl sites for hydroxylation is 1. The summed E-state index contributed by atoms with van der Waals surface area (Å²) in [6, 6.07) is 16.1. The van der Waals surface area contributed by atoms with Gasteiger partial charge in [-0.3, -0.25) is 4.98 Å². The van der Waals surface area contributed by atoms with Gasteiger partial charge in [-0.15, -0.1) is 0 Å². The molecule has 0 radical (unpaired) electrons. The number of nitrogens with one attached hydrogen (secondary N) is 1. The fourth-order valence-corrected chi connectivity index (χ4v) is 2.41. The third kappa shape index (κ3) is 2.88. The monoisotopic (exact) mass is 278 g/mol. The van der Waals surface area contributed by atoms with Crippen LogP contribution in [0.2, 0.25) is 0 Å². The number of hydrogen-bond acceptors (Lipinski definition) is 3. The number of nitrogens with zero attached hydrogens (tertiary/aromatic N) is 1. The molecule has 0 saturated carbocycles. The number of aromatic nitrogens is 1. The lowest BCUT2D eigenvalue weighted by Crippen LogP contribution is -2.06. The van der Waals surface area contributed by atoms with Crippen LogP contribution in [-0.4, -0.2) is 12.0 Å². The third-order valence-electron chi connectivity index (χ3n) is 3.50. The maximum atomic E-state index is 6.02. The van der Waals surface area contributed by atoms with Crippen molar-refractivity contribution in [2.45, 2.75) is 13.5 Å². The molecule has 3 heteroatoms. The Labute approximate surface area is 124 Å². The van der Waals surface area contributed by atoms with E-state index >= 15 is 0 Å². The van der Waals surface area contributed by atoms with Crippen LogP contribution in [0.15, 0.2) is 54.7 Å². The third-order valence-corrected chi connectivity index (χ3v) is 3.50. The van der Waals surface area contributed by atoms with Crippen molar-refractivity contribution in [2.24, 2.45) is 0 Å². The van der Waals surface area contributed by atoms with Crippen LogP contribution in [-0.2, 0) is 6.54 Å². The highest BCUT2D eigenvalue weighted by molar-refractivity contribution is 5.84. The van der Waals surface area contributed by atoms with E-state index in [0.29, 0.717) is 0 Å². The van der Waals surface area contributed by atoms with Crippen LogP contribution in [0.4, 0.5) is 0 Å². The Balaban J connectivity index is 1.93. The Morgan fingerprint density at radius 2 is 1.95 bits per heavy atom. The molecule has 3 nitrogen and oxygen atoms in total. The van der Waals surface area contributed by atoms with Gasteiger partial charge in [0.1, 0.15) is 11.3 Å². The molecule has 2 aromatic carbocycles. The molecule has 0 aliphatic carbocycles. The van der Waals surface area contributed by atoms with Crippen LogP contribution >= 0.6 is 0 Å². The van der Waals surface area contributed by atoms with Gasteiger partial charge in [-0.2, -0.15) is 0 Å². The van der Waals surface area contributed by atoms with Crippen molar-refractivity contribution in [3.05, 3.63) is 65.9 Å². The summed E-state index contributed by atoms with van der Waals surface area (Å²) in [6.07, 6.45) is 1.79. The smallest absolute Gasteiger partial charge is 0.153 e. The summed E-state index contributed by atoms with van der Waals surface area (Å²) in [4.78, 5) is 4.41. The summed E-state index contributed by atoms with van der Waals surface area (Å²) in [5.74, 6) is 1.62. The van der Waals surface area contributed by atoms with Gasteiger partial charge < -0.3 is 10.1 Å². The van der Waals surface area contributed by atoms with Gasteiger partial charge in [-0.05, 0) is 49.4 Å². The zero-order valence-corrected chi connectivity index (χ0v) is 12.3. The summed E-state index contributed by atoms with van der Waals surface area (Å²) < 4.78 is 6.02. The quantitative estimate of drug-likeness (QED) is 0.781. The molecule has 0 bridgehead atoms. The lowest BCUT2D eigenvalue weighted by atomic mass is 10.1. The molecule has 0 saturated heterocycles. The molecule has 1 N–H and O–H groups in total. The molecule has 0 aliphatic rings. The number of pyridine rings is 1. The van der Waals surface area contributed by atoms with E-state index in [-0.39, 0.29) is 0 Å². The van der Waals surface area contributed by atoms with E-state index in [9.17, 15) is 0 Å². The SMILES string of the molecule is CNCc1ccc(Oc2cccc3cccnc23)cc1C. The minimum Gasteiger partial charge on any atom is -0.455 e. The first-order chi connectivity index (χ1) is 10.3. The summed E-state index contributed by atoms with van der Waals surface area (Å²) in [7, 11) is 1.95. The highest BCUT2D eigenvalue weighted by Gasteiger charge is 2.05. The lowest BCUT2D eigenvalue weighted by molar-refractivity contribution is 0.486. The van der Waals surface area contributed by atoms with Crippen molar-refractivity contribution in [2.75, 3.05) is 7.05 Å². The van der Waals surface area contributed by atoms with E-state index in [4.69, 9.17) is 4.74 Å². The van der Waals surface area contributed by atoms with Crippen LogP contribution in [0.25, 0.3) is 10.9 Å². The van der Waals surface area contributed by atoms with E-state index < -0.39 is 0 Å². The number of rotatable bonds is 4. The Morgan fingerprint density at radius 3 is 2.76 bits per heavy atom. The van der Waals surface area contributed by atoms with Crippen molar-refractivity contribution in [1.82, 2.24) is 10.3 Å².